The third-order valence-corrected chi connectivity index (χ3v) is 0.610. The highest BCUT2D eigenvalue weighted by Crippen LogP contribution is 1.75. The average Bonchev–Trinajstić information content (AvgIpc) is 1.27. The summed E-state index contributed by atoms with van der Waals surface area (Å²) >= 11 is 4.76. The van der Waals surface area contributed by atoms with Crippen molar-refractivity contribution in [3.05, 3.63) is 0 Å². The molecule has 0 aliphatic rings. The van der Waals surface area contributed by atoms with Crippen molar-refractivity contribution in [3.63, 3.8) is 0 Å². The van der Waals surface area contributed by atoms with Crippen LogP contribution in [0.3, 0.4) is 0 Å². The second kappa shape index (κ2) is 2.97. The van der Waals surface area contributed by atoms with Crippen LogP contribution in [-0.4, -0.2) is 11.0 Å². The van der Waals surface area contributed by atoms with Crippen LogP contribution in [0, 0.1) is 0 Å². The Hall–Kier alpha value is -0.110. The summed E-state index contributed by atoms with van der Waals surface area (Å²) in [7, 11) is 0. The fraction of sp³-hybridized carbons (Fsp3) is 0.800. The lowest BCUT2D eigenvalue weighted by atomic mass is 10.4. The van der Waals surface area contributed by atoms with Gasteiger partial charge in [0.2, 0.25) is 0 Å². The van der Waals surface area contributed by atoms with Crippen LogP contribution in [0.1, 0.15) is 20.8 Å². The van der Waals surface area contributed by atoms with E-state index in [0.717, 1.165) is 4.99 Å². The Morgan fingerprint density at radius 3 is 2.00 bits per heavy atom. The Labute approximate surface area is 50.1 Å². The lowest BCUT2D eigenvalue weighted by Crippen LogP contribution is -2.25. The van der Waals surface area contributed by atoms with Gasteiger partial charge in [0.1, 0.15) is 0 Å². The SMILES string of the molecule is CC(=S)NC(C)C. The average molecular weight is 117 g/mol. The van der Waals surface area contributed by atoms with E-state index in [0.29, 0.717) is 6.04 Å². The number of hydrogen-bond acceptors (Lipinski definition) is 1. The summed E-state index contributed by atoms with van der Waals surface area (Å²) < 4.78 is 0. The molecule has 0 bridgehead atoms. The molecular weight excluding hydrogens is 106 g/mol. The van der Waals surface area contributed by atoms with Gasteiger partial charge in [-0.25, -0.2) is 0 Å². The Morgan fingerprint density at radius 2 is 2.00 bits per heavy atom. The van der Waals surface area contributed by atoms with E-state index in [1.54, 1.807) is 0 Å². The first kappa shape index (κ1) is 6.89. The summed E-state index contributed by atoms with van der Waals surface area (Å²) in [5.74, 6) is 0. The predicted octanol–water partition coefficient (Wildman–Crippen LogP) is 1.33. The van der Waals surface area contributed by atoms with E-state index in [-0.39, 0.29) is 0 Å². The van der Waals surface area contributed by atoms with Crippen LogP contribution in [0.25, 0.3) is 0 Å². The second-order valence-corrected chi connectivity index (χ2v) is 2.47. The predicted molar refractivity (Wildman–Crippen MR) is 36.5 cm³/mol. The summed E-state index contributed by atoms with van der Waals surface area (Å²) in [6.07, 6.45) is 0. The third-order valence-electron chi connectivity index (χ3n) is 0.492. The van der Waals surface area contributed by atoms with Gasteiger partial charge in [-0.15, -0.1) is 0 Å². The number of nitrogens with one attached hydrogen (secondary N) is 1. The zero-order chi connectivity index (χ0) is 5.86. The molecule has 7 heavy (non-hydrogen) atoms. The first-order chi connectivity index (χ1) is 3.13. The van der Waals surface area contributed by atoms with Crippen molar-refractivity contribution < 1.29 is 0 Å². The van der Waals surface area contributed by atoms with Crippen LogP contribution in [0.15, 0.2) is 0 Å². The molecule has 0 saturated heterocycles. The topological polar surface area (TPSA) is 12.0 Å². The molecule has 0 saturated carbocycles. The highest BCUT2D eigenvalue weighted by molar-refractivity contribution is 7.80. The van der Waals surface area contributed by atoms with Crippen molar-refractivity contribution >= 4 is 17.2 Å². The molecule has 0 aromatic carbocycles. The molecule has 0 atom stereocenters. The maximum absolute atomic E-state index is 4.76. The zero-order valence-corrected chi connectivity index (χ0v) is 5.80. The van der Waals surface area contributed by atoms with Gasteiger partial charge in [0.15, 0.2) is 0 Å². The van der Waals surface area contributed by atoms with E-state index in [2.05, 4.69) is 19.2 Å². The van der Waals surface area contributed by atoms with Gasteiger partial charge in [-0.05, 0) is 20.8 Å². The van der Waals surface area contributed by atoms with Gasteiger partial charge < -0.3 is 5.32 Å². The molecular formula is C5H11NS. The van der Waals surface area contributed by atoms with E-state index in [9.17, 15) is 0 Å². The molecule has 0 amide bonds. The molecule has 1 nitrogen and oxygen atoms in total. The molecule has 0 fully saturated rings. The standard InChI is InChI=1S/C5H11NS/c1-4(2)6-5(3)7/h4H,1-3H3,(H,6,7). The number of rotatable bonds is 1. The van der Waals surface area contributed by atoms with Crippen molar-refractivity contribution in [2.45, 2.75) is 26.8 Å². The largest absolute Gasteiger partial charge is 0.378 e. The summed E-state index contributed by atoms with van der Waals surface area (Å²) in [5, 5.41) is 3.04. The van der Waals surface area contributed by atoms with E-state index in [4.69, 9.17) is 12.2 Å². The van der Waals surface area contributed by atoms with E-state index in [1.165, 1.54) is 0 Å². The lowest BCUT2D eigenvalue weighted by Gasteiger charge is -2.04. The normalized spacial score (nSPS) is 9.14. The molecule has 0 spiro atoms. The van der Waals surface area contributed by atoms with Crippen LogP contribution in [0.5, 0.6) is 0 Å². The van der Waals surface area contributed by atoms with Crippen LogP contribution in [0.2, 0.25) is 0 Å². The van der Waals surface area contributed by atoms with Crippen LogP contribution < -0.4 is 5.32 Å². The summed E-state index contributed by atoms with van der Waals surface area (Å²) in [5.41, 5.74) is 0. The van der Waals surface area contributed by atoms with E-state index in [1.807, 2.05) is 6.92 Å². The Bertz CT molecular complexity index is 68.5. The quantitative estimate of drug-likeness (QED) is 0.520. The minimum absolute atomic E-state index is 0.484. The summed E-state index contributed by atoms with van der Waals surface area (Å²) in [6, 6.07) is 0.484. The van der Waals surface area contributed by atoms with Crippen molar-refractivity contribution in [1.82, 2.24) is 5.32 Å². The number of thiocarbonyl (C=S) groups is 1. The molecule has 0 aliphatic heterocycles. The van der Waals surface area contributed by atoms with Crippen LogP contribution in [-0.2, 0) is 0 Å². The Balaban J connectivity index is 3.13. The monoisotopic (exact) mass is 117 g/mol. The molecule has 0 unspecified atom stereocenters. The second-order valence-electron chi connectivity index (χ2n) is 1.86. The Morgan fingerprint density at radius 1 is 1.57 bits per heavy atom. The molecule has 42 valence electrons. The van der Waals surface area contributed by atoms with Gasteiger partial charge >= 0.3 is 0 Å². The molecule has 0 aliphatic carbocycles. The highest BCUT2D eigenvalue weighted by atomic mass is 32.1. The minimum atomic E-state index is 0.484. The van der Waals surface area contributed by atoms with E-state index >= 15 is 0 Å². The van der Waals surface area contributed by atoms with Gasteiger partial charge in [0.05, 0.1) is 4.99 Å². The van der Waals surface area contributed by atoms with Gasteiger partial charge in [0.25, 0.3) is 0 Å². The van der Waals surface area contributed by atoms with Crippen molar-refractivity contribution in [1.29, 1.82) is 0 Å². The van der Waals surface area contributed by atoms with Crippen molar-refractivity contribution in [2.24, 2.45) is 0 Å². The van der Waals surface area contributed by atoms with Crippen molar-refractivity contribution in [2.75, 3.05) is 0 Å². The van der Waals surface area contributed by atoms with Gasteiger partial charge in [-0.2, -0.15) is 0 Å². The minimum Gasteiger partial charge on any atom is -0.378 e. The fourth-order valence-electron chi connectivity index (χ4n) is 0.407. The van der Waals surface area contributed by atoms with Crippen molar-refractivity contribution in [3.8, 4) is 0 Å². The summed E-state index contributed by atoms with van der Waals surface area (Å²) in [6.45, 7) is 6.01. The van der Waals surface area contributed by atoms with Gasteiger partial charge in [-0.3, -0.25) is 0 Å². The third kappa shape index (κ3) is 5.89. The maximum atomic E-state index is 4.76. The highest BCUT2D eigenvalue weighted by Gasteiger charge is 1.87. The molecule has 2 heteroatoms. The first-order valence-corrected chi connectivity index (χ1v) is 2.81. The Kier molecular flexibility index (Phi) is 2.92. The van der Waals surface area contributed by atoms with E-state index < -0.39 is 0 Å². The maximum Gasteiger partial charge on any atom is 0.0723 e. The first-order valence-electron chi connectivity index (χ1n) is 2.40. The van der Waals surface area contributed by atoms with Gasteiger partial charge in [-0.1, -0.05) is 12.2 Å². The van der Waals surface area contributed by atoms with Crippen LogP contribution >= 0.6 is 12.2 Å². The molecule has 0 rings (SSSR count). The summed E-state index contributed by atoms with van der Waals surface area (Å²) in [4.78, 5) is 0.870. The molecule has 1 N–H and O–H groups in total. The van der Waals surface area contributed by atoms with Gasteiger partial charge in [0, 0.05) is 6.04 Å². The zero-order valence-electron chi connectivity index (χ0n) is 4.99. The fourth-order valence-corrected chi connectivity index (χ4v) is 0.642. The molecule has 0 aromatic heterocycles. The van der Waals surface area contributed by atoms with Crippen LogP contribution in [0.4, 0.5) is 0 Å². The molecule has 0 aromatic rings. The molecule has 0 heterocycles. The lowest BCUT2D eigenvalue weighted by molar-refractivity contribution is 0.738. The smallest absolute Gasteiger partial charge is 0.0723 e. The number of hydrogen-bond donors (Lipinski definition) is 1. The molecule has 0 radical (unpaired) electrons.